The van der Waals surface area contributed by atoms with Crippen LogP contribution in [0.25, 0.3) is 0 Å². The van der Waals surface area contributed by atoms with Crippen molar-refractivity contribution in [3.8, 4) is 11.5 Å². The Kier molecular flexibility index (Phi) is 3.43. The Balaban J connectivity index is 2.17. The summed E-state index contributed by atoms with van der Waals surface area (Å²) >= 11 is 5.17. The molecule has 0 radical (unpaired) electrons. The lowest BCUT2D eigenvalue weighted by molar-refractivity contribution is 0.336. The van der Waals surface area contributed by atoms with E-state index >= 15 is 0 Å². The molecule has 0 spiro atoms. The second kappa shape index (κ2) is 5.26. The molecule has 1 aliphatic heterocycles. The summed E-state index contributed by atoms with van der Waals surface area (Å²) in [6.07, 6.45) is 0.726. The molecule has 0 saturated carbocycles. The second-order valence-electron chi connectivity index (χ2n) is 5.13. The van der Waals surface area contributed by atoms with Crippen LogP contribution in [0.4, 0.5) is 0 Å². The van der Waals surface area contributed by atoms with Gasteiger partial charge in [0.25, 0.3) is 0 Å². The lowest BCUT2D eigenvalue weighted by Crippen LogP contribution is -2.43. The van der Waals surface area contributed by atoms with Crippen molar-refractivity contribution in [2.75, 3.05) is 6.54 Å². The summed E-state index contributed by atoms with van der Waals surface area (Å²) in [5, 5.41) is 19.9. The van der Waals surface area contributed by atoms with Crippen LogP contribution in [0, 0.1) is 0 Å². The minimum absolute atomic E-state index is 0.0932. The van der Waals surface area contributed by atoms with Crippen molar-refractivity contribution < 1.29 is 10.2 Å². The van der Waals surface area contributed by atoms with Crippen molar-refractivity contribution in [1.29, 1.82) is 0 Å². The Labute approximate surface area is 128 Å². The third kappa shape index (κ3) is 2.40. The van der Waals surface area contributed by atoms with Gasteiger partial charge in [0.15, 0.2) is 16.6 Å². The lowest BCUT2D eigenvalue weighted by atomic mass is 9.88. The Hall–Kier alpha value is -2.27. The second-order valence-corrected chi connectivity index (χ2v) is 5.55. The standard InChI is InChI=1S/C16H16N2O2S/c17-16(21)18-7-6-11-8-13(19)14(20)9-12(11)15(18)10-4-2-1-3-5-10/h1-5,8-9,15,19-20H,6-7H2,(H2,17,21). The molecule has 1 aliphatic rings. The van der Waals surface area contributed by atoms with Gasteiger partial charge in [-0.3, -0.25) is 0 Å². The van der Waals surface area contributed by atoms with Crippen LogP contribution in [0.1, 0.15) is 22.7 Å². The number of hydrogen-bond acceptors (Lipinski definition) is 3. The third-order valence-corrected chi connectivity index (χ3v) is 4.10. The zero-order valence-electron chi connectivity index (χ0n) is 11.4. The zero-order valence-corrected chi connectivity index (χ0v) is 12.2. The highest BCUT2D eigenvalue weighted by molar-refractivity contribution is 7.80. The number of nitrogens with two attached hydrogens (primary N) is 1. The van der Waals surface area contributed by atoms with E-state index in [4.69, 9.17) is 18.0 Å². The molecule has 4 N–H and O–H groups in total. The molecule has 0 fully saturated rings. The van der Waals surface area contributed by atoms with E-state index in [9.17, 15) is 10.2 Å². The van der Waals surface area contributed by atoms with Gasteiger partial charge in [0.05, 0.1) is 6.04 Å². The summed E-state index contributed by atoms with van der Waals surface area (Å²) in [7, 11) is 0. The number of phenolic OH excluding ortho intramolecular Hbond substituents is 2. The van der Waals surface area contributed by atoms with Crippen LogP contribution >= 0.6 is 12.2 Å². The molecule has 5 heteroatoms. The van der Waals surface area contributed by atoms with Gasteiger partial charge < -0.3 is 20.8 Å². The molecule has 1 heterocycles. The van der Waals surface area contributed by atoms with E-state index in [0.29, 0.717) is 11.7 Å². The van der Waals surface area contributed by atoms with Crippen molar-refractivity contribution in [3.63, 3.8) is 0 Å². The van der Waals surface area contributed by atoms with Crippen LogP contribution in [-0.4, -0.2) is 26.8 Å². The molecule has 4 nitrogen and oxygen atoms in total. The van der Waals surface area contributed by atoms with Gasteiger partial charge in [-0.25, -0.2) is 0 Å². The maximum atomic E-state index is 9.83. The fraction of sp³-hybridized carbons (Fsp3) is 0.188. The number of nitrogens with zero attached hydrogens (tertiary/aromatic N) is 1. The van der Waals surface area contributed by atoms with Crippen LogP contribution in [0.15, 0.2) is 42.5 Å². The minimum Gasteiger partial charge on any atom is -0.504 e. The SMILES string of the molecule is NC(=S)N1CCc2cc(O)c(O)cc2C1c1ccccc1. The molecular weight excluding hydrogens is 284 g/mol. The average molecular weight is 300 g/mol. The fourth-order valence-corrected chi connectivity index (χ4v) is 3.07. The van der Waals surface area contributed by atoms with Crippen molar-refractivity contribution in [1.82, 2.24) is 4.90 Å². The molecule has 21 heavy (non-hydrogen) atoms. The molecule has 1 atom stereocenters. The first-order valence-corrected chi connectivity index (χ1v) is 7.14. The quantitative estimate of drug-likeness (QED) is 0.557. The maximum absolute atomic E-state index is 9.83. The van der Waals surface area contributed by atoms with Crippen LogP contribution in [-0.2, 0) is 6.42 Å². The molecule has 0 amide bonds. The number of hydrogen-bond donors (Lipinski definition) is 3. The molecule has 0 saturated heterocycles. The van der Waals surface area contributed by atoms with E-state index in [1.54, 1.807) is 12.1 Å². The summed E-state index contributed by atoms with van der Waals surface area (Å²) in [4.78, 5) is 1.95. The molecule has 3 rings (SSSR count). The van der Waals surface area contributed by atoms with Gasteiger partial charge in [-0.05, 0) is 47.5 Å². The first-order chi connectivity index (χ1) is 10.1. The molecule has 108 valence electrons. The van der Waals surface area contributed by atoms with E-state index in [2.05, 4.69) is 0 Å². The number of benzene rings is 2. The molecule has 2 aromatic carbocycles. The van der Waals surface area contributed by atoms with Gasteiger partial charge in [0.2, 0.25) is 0 Å². The predicted octanol–water partition coefficient (Wildman–Crippen LogP) is 2.29. The summed E-state index contributed by atoms with van der Waals surface area (Å²) in [5.74, 6) is -0.219. The summed E-state index contributed by atoms with van der Waals surface area (Å²) in [5.41, 5.74) is 8.85. The number of aromatic hydroxyl groups is 2. The van der Waals surface area contributed by atoms with E-state index in [1.807, 2.05) is 35.2 Å². The largest absolute Gasteiger partial charge is 0.504 e. The Morgan fingerprint density at radius 3 is 2.48 bits per heavy atom. The average Bonchev–Trinajstić information content (AvgIpc) is 2.48. The van der Waals surface area contributed by atoms with Gasteiger partial charge in [-0.2, -0.15) is 0 Å². The highest BCUT2D eigenvalue weighted by Gasteiger charge is 2.30. The highest BCUT2D eigenvalue weighted by Crippen LogP contribution is 2.39. The van der Waals surface area contributed by atoms with E-state index in [1.165, 1.54) is 0 Å². The fourth-order valence-electron chi connectivity index (χ4n) is 2.88. The van der Waals surface area contributed by atoms with Crippen LogP contribution in [0.2, 0.25) is 0 Å². The summed E-state index contributed by atoms with van der Waals surface area (Å²) in [6, 6.07) is 13.0. The van der Waals surface area contributed by atoms with Gasteiger partial charge in [-0.15, -0.1) is 0 Å². The predicted molar refractivity (Wildman–Crippen MR) is 85.3 cm³/mol. The maximum Gasteiger partial charge on any atom is 0.167 e. The van der Waals surface area contributed by atoms with Crippen molar-refractivity contribution in [2.45, 2.75) is 12.5 Å². The summed E-state index contributed by atoms with van der Waals surface area (Å²) in [6.45, 7) is 0.687. The van der Waals surface area contributed by atoms with Crippen LogP contribution in [0.5, 0.6) is 11.5 Å². The number of fused-ring (bicyclic) bond motifs is 1. The summed E-state index contributed by atoms with van der Waals surface area (Å²) < 4.78 is 0. The van der Waals surface area contributed by atoms with Crippen molar-refractivity contribution >= 4 is 17.3 Å². The van der Waals surface area contributed by atoms with E-state index in [-0.39, 0.29) is 17.5 Å². The van der Waals surface area contributed by atoms with Crippen LogP contribution in [0.3, 0.4) is 0 Å². The Morgan fingerprint density at radius 2 is 1.81 bits per heavy atom. The molecule has 1 unspecified atom stereocenters. The smallest absolute Gasteiger partial charge is 0.167 e. The number of thiocarbonyl (C=S) groups is 1. The first kappa shape index (κ1) is 13.7. The monoisotopic (exact) mass is 300 g/mol. The molecule has 0 aliphatic carbocycles. The third-order valence-electron chi connectivity index (χ3n) is 3.86. The molecule has 0 aromatic heterocycles. The van der Waals surface area contributed by atoms with Crippen molar-refractivity contribution in [2.24, 2.45) is 5.73 Å². The van der Waals surface area contributed by atoms with Gasteiger partial charge in [-0.1, -0.05) is 30.3 Å². The Bertz CT molecular complexity index is 688. The normalized spacial score (nSPS) is 17.3. The number of rotatable bonds is 1. The molecule has 2 aromatic rings. The van der Waals surface area contributed by atoms with Crippen molar-refractivity contribution in [3.05, 3.63) is 59.2 Å². The highest BCUT2D eigenvalue weighted by atomic mass is 32.1. The zero-order chi connectivity index (χ0) is 15.0. The van der Waals surface area contributed by atoms with E-state index < -0.39 is 0 Å². The van der Waals surface area contributed by atoms with Gasteiger partial charge in [0.1, 0.15) is 0 Å². The first-order valence-electron chi connectivity index (χ1n) is 6.73. The van der Waals surface area contributed by atoms with Crippen LogP contribution < -0.4 is 5.73 Å². The minimum atomic E-state index is -0.140. The molecule has 0 bridgehead atoms. The molecular formula is C16H16N2O2S. The topological polar surface area (TPSA) is 69.7 Å². The lowest BCUT2D eigenvalue weighted by Gasteiger charge is -2.38. The number of phenols is 2. The van der Waals surface area contributed by atoms with E-state index in [0.717, 1.165) is 23.1 Å². The Morgan fingerprint density at radius 1 is 1.14 bits per heavy atom. The van der Waals surface area contributed by atoms with Gasteiger partial charge >= 0.3 is 0 Å². The van der Waals surface area contributed by atoms with Gasteiger partial charge in [0, 0.05) is 6.54 Å².